The third kappa shape index (κ3) is 5.18. The van der Waals surface area contributed by atoms with E-state index in [4.69, 9.17) is 23.8 Å². The van der Waals surface area contributed by atoms with Gasteiger partial charge in [0.15, 0.2) is 0 Å². The summed E-state index contributed by atoms with van der Waals surface area (Å²) in [5, 5.41) is 3.40. The summed E-state index contributed by atoms with van der Waals surface area (Å²) in [6, 6.07) is 7.28. The highest BCUT2D eigenvalue weighted by atomic mass is 35.5. The van der Waals surface area contributed by atoms with Crippen LogP contribution in [0.1, 0.15) is 17.7 Å². The molecule has 2 heterocycles. The summed E-state index contributed by atoms with van der Waals surface area (Å²) in [6.07, 6.45) is 5.91. The van der Waals surface area contributed by atoms with E-state index < -0.39 is 0 Å². The maximum Gasteiger partial charge on any atom is 0.266 e. The van der Waals surface area contributed by atoms with Crippen LogP contribution in [-0.4, -0.2) is 44.1 Å². The first kappa shape index (κ1) is 19.6. The highest BCUT2D eigenvalue weighted by Crippen LogP contribution is 2.33. The number of rotatable bonds is 7. The fraction of sp³-hybridized carbons (Fsp3) is 0.222. The maximum atomic E-state index is 12.6. The number of halogens is 1. The second-order valence-corrected chi connectivity index (χ2v) is 7.86. The fourth-order valence-electron chi connectivity index (χ4n) is 2.49. The minimum Gasteiger partial charge on any atom is -0.356 e. The van der Waals surface area contributed by atoms with Crippen molar-refractivity contribution in [2.45, 2.75) is 12.8 Å². The molecule has 1 aromatic heterocycles. The highest BCUT2D eigenvalue weighted by molar-refractivity contribution is 8.26. The number of amides is 2. The lowest BCUT2D eigenvalue weighted by Crippen LogP contribution is -2.34. The third-order valence-electron chi connectivity index (χ3n) is 3.90. The molecule has 0 radical (unpaired) electrons. The molecular weight excluding hydrogens is 404 g/mol. The van der Waals surface area contributed by atoms with Crippen molar-refractivity contribution in [2.75, 3.05) is 13.1 Å². The molecule has 6 nitrogen and oxygen atoms in total. The number of imidazole rings is 1. The molecule has 1 aromatic carbocycles. The Balaban J connectivity index is 1.51. The van der Waals surface area contributed by atoms with Gasteiger partial charge in [-0.3, -0.25) is 14.5 Å². The van der Waals surface area contributed by atoms with Gasteiger partial charge in [-0.15, -0.1) is 0 Å². The van der Waals surface area contributed by atoms with Crippen LogP contribution in [0.25, 0.3) is 6.08 Å². The Morgan fingerprint density at radius 3 is 2.96 bits per heavy atom. The Morgan fingerprint density at radius 1 is 1.41 bits per heavy atom. The fourth-order valence-corrected chi connectivity index (χ4v) is 3.98. The van der Waals surface area contributed by atoms with Gasteiger partial charge in [-0.05, 0) is 17.7 Å². The van der Waals surface area contributed by atoms with Crippen LogP contribution in [0.5, 0.6) is 0 Å². The molecule has 0 saturated carbocycles. The van der Waals surface area contributed by atoms with Gasteiger partial charge in [-0.25, -0.2) is 4.98 Å². The summed E-state index contributed by atoms with van der Waals surface area (Å²) in [4.78, 5) is 33.4. The van der Waals surface area contributed by atoms with E-state index in [0.29, 0.717) is 27.2 Å². The second-order valence-electron chi connectivity index (χ2n) is 5.78. The predicted molar refractivity (Wildman–Crippen MR) is 111 cm³/mol. The summed E-state index contributed by atoms with van der Waals surface area (Å²) in [7, 11) is 0. The zero-order chi connectivity index (χ0) is 19.2. The summed E-state index contributed by atoms with van der Waals surface area (Å²) >= 11 is 12.6. The average molecular weight is 421 g/mol. The Hall–Kier alpha value is -2.16. The molecule has 2 amide bonds. The molecule has 1 fully saturated rings. The van der Waals surface area contributed by atoms with Gasteiger partial charge in [-0.1, -0.05) is 53.8 Å². The lowest BCUT2D eigenvalue weighted by atomic mass is 10.2. The monoisotopic (exact) mass is 420 g/mol. The number of thiocarbonyl (C=S) groups is 1. The number of aromatic nitrogens is 2. The van der Waals surface area contributed by atoms with Crippen LogP contribution in [0.15, 0.2) is 41.7 Å². The third-order valence-corrected chi connectivity index (χ3v) is 5.62. The minimum absolute atomic E-state index is 0.126. The van der Waals surface area contributed by atoms with Crippen molar-refractivity contribution >= 4 is 57.8 Å². The lowest BCUT2D eigenvalue weighted by Gasteiger charge is -2.14. The Labute approximate surface area is 171 Å². The first-order chi connectivity index (χ1) is 13.0. The largest absolute Gasteiger partial charge is 0.356 e. The molecule has 0 atom stereocenters. The van der Waals surface area contributed by atoms with Crippen LogP contribution in [0.3, 0.4) is 0 Å². The number of hydrogen-bond acceptors (Lipinski definition) is 5. The number of carbonyl (C=O) groups excluding carboxylic acids is 2. The average Bonchev–Trinajstić information content (AvgIpc) is 3.24. The van der Waals surface area contributed by atoms with Gasteiger partial charge in [0.25, 0.3) is 5.91 Å². The van der Waals surface area contributed by atoms with Gasteiger partial charge in [0.05, 0.1) is 11.2 Å². The van der Waals surface area contributed by atoms with Gasteiger partial charge in [0.2, 0.25) is 5.91 Å². The van der Waals surface area contributed by atoms with E-state index >= 15 is 0 Å². The standard InChI is InChI=1S/C18H17ClN4O2S2/c19-14-4-2-1-3-12(14)9-15-17(25)23(18(26)27-15)8-6-16(24)21-7-5-13-10-20-11-22-13/h1-4,9-11H,5-8H2,(H,20,22)(H,21,24). The van der Waals surface area contributed by atoms with Gasteiger partial charge in [0.1, 0.15) is 4.32 Å². The Kier molecular flexibility index (Phi) is 6.65. The first-order valence-corrected chi connectivity index (χ1v) is 9.88. The van der Waals surface area contributed by atoms with Crippen molar-refractivity contribution in [3.63, 3.8) is 0 Å². The number of nitrogens with one attached hydrogen (secondary N) is 2. The van der Waals surface area contributed by atoms with Crippen LogP contribution in [0.4, 0.5) is 0 Å². The zero-order valence-electron chi connectivity index (χ0n) is 14.3. The number of nitrogens with zero attached hydrogens (tertiary/aromatic N) is 2. The molecule has 0 spiro atoms. The van der Waals surface area contributed by atoms with Crippen molar-refractivity contribution in [1.82, 2.24) is 20.2 Å². The molecule has 1 saturated heterocycles. The Morgan fingerprint density at radius 2 is 2.22 bits per heavy atom. The van der Waals surface area contributed by atoms with Gasteiger partial charge in [-0.2, -0.15) is 0 Å². The zero-order valence-corrected chi connectivity index (χ0v) is 16.7. The van der Waals surface area contributed by atoms with Crippen molar-refractivity contribution in [3.05, 3.63) is 58.0 Å². The molecule has 2 aromatic rings. The lowest BCUT2D eigenvalue weighted by molar-refractivity contribution is -0.123. The molecule has 0 unspecified atom stereocenters. The Bertz CT molecular complexity index is 883. The molecular formula is C18H17ClN4O2S2. The van der Waals surface area contributed by atoms with Crippen LogP contribution in [-0.2, 0) is 16.0 Å². The van der Waals surface area contributed by atoms with E-state index in [1.54, 1.807) is 24.7 Å². The van der Waals surface area contributed by atoms with Gasteiger partial charge in [0, 0.05) is 42.8 Å². The molecule has 3 rings (SSSR count). The molecule has 0 aliphatic carbocycles. The quantitative estimate of drug-likeness (QED) is 0.531. The van der Waals surface area contributed by atoms with Crippen LogP contribution < -0.4 is 5.32 Å². The molecule has 2 N–H and O–H groups in total. The molecule has 1 aliphatic heterocycles. The van der Waals surface area contributed by atoms with Crippen molar-refractivity contribution < 1.29 is 9.59 Å². The normalized spacial score (nSPS) is 15.6. The number of hydrogen-bond donors (Lipinski definition) is 2. The van der Waals surface area contributed by atoms with E-state index in [1.807, 2.05) is 18.2 Å². The van der Waals surface area contributed by atoms with E-state index in [2.05, 4.69) is 15.3 Å². The number of benzene rings is 1. The SMILES string of the molecule is O=C(CCN1C(=O)C(=Cc2ccccc2Cl)SC1=S)NCCc1cnc[nH]1. The van der Waals surface area contributed by atoms with Gasteiger partial charge >= 0.3 is 0 Å². The van der Waals surface area contributed by atoms with Crippen molar-refractivity contribution in [1.29, 1.82) is 0 Å². The minimum atomic E-state index is -0.199. The molecule has 27 heavy (non-hydrogen) atoms. The highest BCUT2D eigenvalue weighted by Gasteiger charge is 2.32. The number of thioether (sulfide) groups is 1. The molecule has 1 aliphatic rings. The van der Waals surface area contributed by atoms with Crippen molar-refractivity contribution in [2.24, 2.45) is 0 Å². The van der Waals surface area contributed by atoms with E-state index in [0.717, 1.165) is 11.3 Å². The number of aromatic amines is 1. The van der Waals surface area contributed by atoms with E-state index in [1.165, 1.54) is 16.7 Å². The topological polar surface area (TPSA) is 78.1 Å². The van der Waals surface area contributed by atoms with Crippen molar-refractivity contribution in [3.8, 4) is 0 Å². The summed E-state index contributed by atoms with van der Waals surface area (Å²) in [5.41, 5.74) is 1.72. The summed E-state index contributed by atoms with van der Waals surface area (Å²) < 4.78 is 0.448. The smallest absolute Gasteiger partial charge is 0.266 e. The number of H-pyrrole nitrogens is 1. The number of carbonyl (C=O) groups is 2. The predicted octanol–water partition coefficient (Wildman–Crippen LogP) is 3.01. The van der Waals surface area contributed by atoms with E-state index in [-0.39, 0.29) is 24.8 Å². The first-order valence-electron chi connectivity index (χ1n) is 8.28. The summed E-state index contributed by atoms with van der Waals surface area (Å²) in [5.74, 6) is -0.325. The van der Waals surface area contributed by atoms with Gasteiger partial charge < -0.3 is 10.3 Å². The maximum absolute atomic E-state index is 12.6. The van der Waals surface area contributed by atoms with Crippen LogP contribution in [0.2, 0.25) is 5.02 Å². The van der Waals surface area contributed by atoms with E-state index in [9.17, 15) is 9.59 Å². The van der Waals surface area contributed by atoms with Crippen LogP contribution >= 0.6 is 35.6 Å². The second kappa shape index (κ2) is 9.16. The summed E-state index contributed by atoms with van der Waals surface area (Å²) in [6.45, 7) is 0.756. The van der Waals surface area contributed by atoms with Crippen LogP contribution in [0, 0.1) is 0 Å². The molecule has 9 heteroatoms. The molecule has 140 valence electrons. The molecule has 0 bridgehead atoms.